The minimum atomic E-state index is -2.30. The lowest BCUT2D eigenvalue weighted by Crippen LogP contribution is -2.56. The predicted octanol–water partition coefficient (Wildman–Crippen LogP) is 6.65. The van der Waals surface area contributed by atoms with Crippen LogP contribution in [0.25, 0.3) is 0 Å². The van der Waals surface area contributed by atoms with Gasteiger partial charge in [0, 0.05) is 22.6 Å². The fourth-order valence-electron chi connectivity index (χ4n) is 6.53. The van der Waals surface area contributed by atoms with Crippen molar-refractivity contribution in [1.29, 1.82) is 0 Å². The minimum Gasteiger partial charge on any atom is -0.396 e. The van der Waals surface area contributed by atoms with E-state index >= 15 is 0 Å². The van der Waals surface area contributed by atoms with Gasteiger partial charge in [0.2, 0.25) is 14.1 Å². The van der Waals surface area contributed by atoms with Gasteiger partial charge in [-0.1, -0.05) is 53.7 Å². The van der Waals surface area contributed by atoms with Crippen LogP contribution in [0.15, 0.2) is 49.1 Å². The van der Waals surface area contributed by atoms with Crippen LogP contribution in [0.2, 0.25) is 16.6 Å². The monoisotopic (exact) mass is 675 g/mol. The van der Waals surface area contributed by atoms with Crippen LogP contribution >= 0.6 is 22.6 Å². The molecule has 2 heterocycles. The molecule has 1 aliphatic carbocycles. The van der Waals surface area contributed by atoms with Gasteiger partial charge in [-0.25, -0.2) is 9.97 Å². The summed E-state index contributed by atoms with van der Waals surface area (Å²) in [6.07, 6.45) is 7.08. The van der Waals surface area contributed by atoms with Crippen LogP contribution in [-0.2, 0) is 11.0 Å². The number of aliphatic hydroxyl groups excluding tert-OH is 1. The summed E-state index contributed by atoms with van der Waals surface area (Å²) in [5.41, 5.74) is 2.28. The number of rotatable bonds is 12. The summed E-state index contributed by atoms with van der Waals surface area (Å²) in [4.78, 5) is 22.4. The van der Waals surface area contributed by atoms with Gasteiger partial charge >= 0.3 is 0 Å². The Morgan fingerprint density at radius 1 is 1.20 bits per heavy atom. The Balaban J connectivity index is 1.65. The third-order valence-corrected chi connectivity index (χ3v) is 15.2. The molecule has 40 heavy (non-hydrogen) atoms. The number of carbonyl (C=O) groups excluding carboxylic acids is 1. The van der Waals surface area contributed by atoms with E-state index in [9.17, 15) is 9.90 Å². The molecule has 1 aliphatic rings. The van der Waals surface area contributed by atoms with Crippen molar-refractivity contribution in [1.82, 2.24) is 19.7 Å². The molecule has 2 atom stereocenters. The molecule has 216 valence electrons. The molecule has 1 saturated carbocycles. The normalized spacial score (nSPS) is 19.6. The number of aliphatic hydroxyl groups is 1. The van der Waals surface area contributed by atoms with Gasteiger partial charge < -0.3 is 14.8 Å². The largest absolute Gasteiger partial charge is 0.396 e. The molecule has 8 nitrogen and oxygen atoms in total. The van der Waals surface area contributed by atoms with Gasteiger partial charge in [0.05, 0.1) is 12.1 Å². The van der Waals surface area contributed by atoms with E-state index in [2.05, 4.69) is 90.6 Å². The Morgan fingerprint density at radius 2 is 1.93 bits per heavy atom. The van der Waals surface area contributed by atoms with Crippen LogP contribution < -0.4 is 5.32 Å². The maximum absolute atomic E-state index is 13.7. The summed E-state index contributed by atoms with van der Waals surface area (Å²) in [6.45, 7) is 14.3. The predicted molar refractivity (Wildman–Crippen MR) is 169 cm³/mol. The average molecular weight is 676 g/mol. The van der Waals surface area contributed by atoms with Crippen LogP contribution in [0.4, 0.5) is 5.82 Å². The molecule has 1 fully saturated rings. The van der Waals surface area contributed by atoms with E-state index in [1.165, 1.54) is 6.33 Å². The first-order chi connectivity index (χ1) is 19.0. The summed E-state index contributed by atoms with van der Waals surface area (Å²) in [6, 6.07) is 9.96. The lowest BCUT2D eigenvalue weighted by atomic mass is 10.1. The van der Waals surface area contributed by atoms with Gasteiger partial charge in [-0.05, 0) is 88.2 Å². The maximum atomic E-state index is 13.7. The molecular formula is C30H42IN5O3Si. The van der Waals surface area contributed by atoms with E-state index in [1.807, 2.05) is 24.4 Å². The first-order valence-corrected chi connectivity index (χ1v) is 17.4. The summed E-state index contributed by atoms with van der Waals surface area (Å²) >= 11 is 2.29. The number of carbonyl (C=O) groups is 1. The molecule has 0 aliphatic heterocycles. The second-order valence-corrected chi connectivity index (χ2v) is 18.6. The van der Waals surface area contributed by atoms with E-state index < -0.39 is 14.0 Å². The topological polar surface area (TPSA) is 102 Å². The Labute approximate surface area is 252 Å². The molecular weight excluding hydrogens is 633 g/mol. The quantitative estimate of drug-likeness (QED) is 0.0960. The lowest BCUT2D eigenvalue weighted by Gasteiger charge is -2.49. The van der Waals surface area contributed by atoms with Crippen LogP contribution in [0.5, 0.6) is 0 Å². The maximum Gasteiger partial charge on any atom is 0.218 e. The molecule has 0 spiro atoms. The van der Waals surface area contributed by atoms with Crippen LogP contribution in [0, 0.1) is 9.49 Å². The van der Waals surface area contributed by atoms with Crippen molar-refractivity contribution < 1.29 is 14.3 Å². The molecule has 0 saturated heterocycles. The number of ketones is 1. The molecule has 2 N–H and O–H groups in total. The van der Waals surface area contributed by atoms with Crippen molar-refractivity contribution >= 4 is 42.5 Å². The van der Waals surface area contributed by atoms with Gasteiger partial charge in [-0.2, -0.15) is 5.10 Å². The average Bonchev–Trinajstić information content (AvgIpc) is 3.54. The van der Waals surface area contributed by atoms with E-state index in [4.69, 9.17) is 4.43 Å². The van der Waals surface area contributed by atoms with E-state index in [0.29, 0.717) is 46.7 Å². The van der Waals surface area contributed by atoms with Gasteiger partial charge in [-0.15, -0.1) is 0 Å². The van der Waals surface area contributed by atoms with Crippen LogP contribution in [0.3, 0.4) is 0 Å². The molecule has 10 heteroatoms. The van der Waals surface area contributed by atoms with Crippen molar-refractivity contribution in [2.45, 2.75) is 89.7 Å². The molecule has 0 amide bonds. The molecule has 4 rings (SSSR count). The van der Waals surface area contributed by atoms with Crippen LogP contribution in [-0.4, -0.2) is 51.3 Å². The molecule has 1 aromatic carbocycles. The van der Waals surface area contributed by atoms with Crippen LogP contribution in [0.1, 0.15) is 82.4 Å². The summed E-state index contributed by atoms with van der Waals surface area (Å²) < 4.78 is 10.3. The third kappa shape index (κ3) is 6.50. The molecule has 0 radical (unpaired) electrons. The van der Waals surface area contributed by atoms with Gasteiger partial charge in [0.25, 0.3) is 0 Å². The highest BCUT2D eigenvalue weighted by Crippen LogP contribution is 2.49. The fourth-order valence-corrected chi connectivity index (χ4v) is 12.8. The number of benzene rings is 1. The van der Waals surface area contributed by atoms with Crippen molar-refractivity contribution in [3.63, 3.8) is 0 Å². The SMILES string of the molecule is CC(C)[Si](O[C@]1(Nc2ncncc2C(=O)c2ccn(Cc3cccc(I)c3)n2)CC[C@@H](CO)C1)(C(C)C)C(C)C. The van der Waals surface area contributed by atoms with Crippen molar-refractivity contribution in [3.05, 3.63) is 69.4 Å². The van der Waals surface area contributed by atoms with E-state index in [1.54, 1.807) is 16.9 Å². The minimum absolute atomic E-state index is 0.111. The number of nitrogens with one attached hydrogen (secondary N) is 1. The number of nitrogens with zero attached hydrogens (tertiary/aromatic N) is 4. The first kappa shape index (κ1) is 30.8. The van der Waals surface area contributed by atoms with E-state index in [0.717, 1.165) is 22.0 Å². The fraction of sp³-hybridized carbons (Fsp3) is 0.533. The van der Waals surface area contributed by atoms with Gasteiger partial charge in [0.1, 0.15) is 23.6 Å². The highest BCUT2D eigenvalue weighted by atomic mass is 127. The second-order valence-electron chi connectivity index (χ2n) is 12.0. The number of hydrogen-bond acceptors (Lipinski definition) is 7. The molecule has 2 aromatic heterocycles. The van der Waals surface area contributed by atoms with Crippen molar-refractivity contribution in [2.24, 2.45) is 5.92 Å². The Morgan fingerprint density at radius 3 is 2.55 bits per heavy atom. The first-order valence-electron chi connectivity index (χ1n) is 14.2. The highest BCUT2D eigenvalue weighted by Gasteiger charge is 2.53. The zero-order valence-electron chi connectivity index (χ0n) is 24.4. The van der Waals surface area contributed by atoms with E-state index in [-0.39, 0.29) is 18.3 Å². The molecule has 0 unspecified atom stereocenters. The number of anilines is 1. The zero-order valence-corrected chi connectivity index (χ0v) is 27.6. The standard InChI is InChI=1S/C30H42IN5O3Si/c1-20(2)40(21(3)4,22(5)6)39-30(12-10-24(15-30)18-37)34-29-26(16-32-19-33-29)28(38)27-11-13-36(35-27)17-23-8-7-9-25(31)14-23/h7-9,11,13-14,16,19-22,24,37H,10,12,15,17-18H2,1-6H3,(H,32,33,34)/t24-,30-/m1/s1. The second kappa shape index (κ2) is 12.8. The number of hydrogen-bond donors (Lipinski definition) is 2. The highest BCUT2D eigenvalue weighted by molar-refractivity contribution is 14.1. The Bertz CT molecular complexity index is 1290. The number of halogens is 1. The Kier molecular flexibility index (Phi) is 9.85. The number of aromatic nitrogens is 4. The van der Waals surface area contributed by atoms with Gasteiger partial charge in [-0.3, -0.25) is 9.48 Å². The molecule has 0 bridgehead atoms. The summed E-state index contributed by atoms with van der Waals surface area (Å²) in [5, 5.41) is 18.2. The summed E-state index contributed by atoms with van der Waals surface area (Å²) in [5.74, 6) is 0.338. The van der Waals surface area contributed by atoms with Gasteiger partial charge in [0.15, 0.2) is 0 Å². The Hall–Kier alpha value is -2.15. The molecule has 3 aromatic rings. The van der Waals surface area contributed by atoms with Crippen molar-refractivity contribution in [3.8, 4) is 0 Å². The van der Waals surface area contributed by atoms with Crippen molar-refractivity contribution in [2.75, 3.05) is 11.9 Å². The lowest BCUT2D eigenvalue weighted by molar-refractivity contribution is 0.0740. The summed E-state index contributed by atoms with van der Waals surface area (Å²) in [7, 11) is -2.30. The smallest absolute Gasteiger partial charge is 0.218 e. The zero-order chi connectivity index (χ0) is 29.1. The third-order valence-electron chi connectivity index (χ3n) is 8.32.